The molecule has 2 N–H and O–H groups in total. The molecule has 0 radical (unpaired) electrons. The average molecular weight is 255 g/mol. The molecular weight excluding hydrogens is 234 g/mol. The minimum Gasteiger partial charge on any atom is -0.480 e. The number of amides is 2. The van der Waals surface area contributed by atoms with Crippen molar-refractivity contribution in [3.05, 3.63) is 0 Å². The van der Waals surface area contributed by atoms with Gasteiger partial charge in [-0.1, -0.05) is 13.3 Å². The number of rotatable bonds is 7. The number of nitrogens with one attached hydrogen (secondary N) is 1. The molecule has 0 unspecified atom stereocenters. The fourth-order valence-corrected chi connectivity index (χ4v) is 1.54. The van der Waals surface area contributed by atoms with Gasteiger partial charge >= 0.3 is 12.0 Å². The minimum absolute atomic E-state index is 0.0746. The van der Waals surface area contributed by atoms with Crippen molar-refractivity contribution in [3.63, 3.8) is 0 Å². The molecule has 0 saturated carbocycles. The summed E-state index contributed by atoms with van der Waals surface area (Å²) in [5, 5.41) is 20.0. The van der Waals surface area contributed by atoms with E-state index in [1.54, 1.807) is 0 Å². The van der Waals surface area contributed by atoms with Gasteiger partial charge in [-0.2, -0.15) is 5.26 Å². The van der Waals surface area contributed by atoms with Crippen LogP contribution in [0.1, 0.15) is 40.0 Å². The second-order valence-electron chi connectivity index (χ2n) is 4.32. The molecule has 0 aromatic heterocycles. The van der Waals surface area contributed by atoms with Gasteiger partial charge in [-0.25, -0.2) is 9.59 Å². The number of carbonyl (C=O) groups excluding carboxylic acids is 1. The zero-order valence-corrected chi connectivity index (χ0v) is 11.1. The lowest BCUT2D eigenvalue weighted by Gasteiger charge is -2.27. The lowest BCUT2D eigenvalue weighted by atomic mass is 10.2. The van der Waals surface area contributed by atoms with Gasteiger partial charge < -0.3 is 15.3 Å². The molecule has 6 nitrogen and oxygen atoms in total. The third-order valence-electron chi connectivity index (χ3n) is 2.52. The summed E-state index contributed by atoms with van der Waals surface area (Å²) < 4.78 is 0. The topological polar surface area (TPSA) is 93.4 Å². The van der Waals surface area contributed by atoms with E-state index in [9.17, 15) is 9.59 Å². The Kier molecular flexibility index (Phi) is 7.52. The second kappa shape index (κ2) is 8.34. The van der Waals surface area contributed by atoms with Gasteiger partial charge in [-0.05, 0) is 20.3 Å². The molecule has 0 rings (SSSR count). The standard InChI is InChI=1S/C12H21N3O3/c1-4-6-10(11(16)17)14-12(18)15(9(2)3)8-5-7-13/h9-10H,4-6,8H2,1-3H3,(H,14,18)(H,16,17)/t10-/m0/s1. The summed E-state index contributed by atoms with van der Waals surface area (Å²) in [6.07, 6.45) is 1.31. The van der Waals surface area contributed by atoms with Crippen LogP contribution < -0.4 is 5.32 Å². The Morgan fingerprint density at radius 3 is 2.44 bits per heavy atom. The molecular formula is C12H21N3O3. The highest BCUT2D eigenvalue weighted by molar-refractivity contribution is 5.82. The number of hydrogen-bond donors (Lipinski definition) is 2. The lowest BCUT2D eigenvalue weighted by molar-refractivity contribution is -0.139. The number of carboxylic acids is 1. The highest BCUT2D eigenvalue weighted by Gasteiger charge is 2.23. The number of nitriles is 1. The highest BCUT2D eigenvalue weighted by Crippen LogP contribution is 2.03. The van der Waals surface area contributed by atoms with Crippen LogP contribution in [0.5, 0.6) is 0 Å². The average Bonchev–Trinajstić information content (AvgIpc) is 2.28. The van der Waals surface area contributed by atoms with E-state index in [2.05, 4.69) is 5.32 Å². The fourth-order valence-electron chi connectivity index (χ4n) is 1.54. The van der Waals surface area contributed by atoms with Gasteiger partial charge in [0, 0.05) is 12.6 Å². The molecule has 0 aliphatic heterocycles. The van der Waals surface area contributed by atoms with Crippen LogP contribution in [0.4, 0.5) is 4.79 Å². The van der Waals surface area contributed by atoms with E-state index in [1.807, 2.05) is 26.8 Å². The molecule has 0 bridgehead atoms. The smallest absolute Gasteiger partial charge is 0.326 e. The van der Waals surface area contributed by atoms with Crippen LogP contribution in [-0.4, -0.2) is 40.6 Å². The van der Waals surface area contributed by atoms with E-state index in [1.165, 1.54) is 4.90 Å². The first-order valence-electron chi connectivity index (χ1n) is 6.10. The predicted octanol–water partition coefficient (Wildman–Crippen LogP) is 1.57. The molecule has 0 spiro atoms. The number of nitrogens with zero attached hydrogens (tertiary/aromatic N) is 2. The Bertz CT molecular complexity index is 323. The van der Waals surface area contributed by atoms with Crippen LogP contribution in [0.2, 0.25) is 0 Å². The number of carbonyl (C=O) groups is 2. The molecule has 0 fully saturated rings. The third-order valence-corrected chi connectivity index (χ3v) is 2.52. The monoisotopic (exact) mass is 255 g/mol. The Balaban J connectivity index is 4.57. The molecule has 0 saturated heterocycles. The summed E-state index contributed by atoms with van der Waals surface area (Å²) in [6, 6.07) is 0.597. The minimum atomic E-state index is -1.03. The van der Waals surface area contributed by atoms with Crippen LogP contribution in [0.3, 0.4) is 0 Å². The fraction of sp³-hybridized carbons (Fsp3) is 0.750. The van der Waals surface area contributed by atoms with E-state index in [-0.39, 0.29) is 12.5 Å². The number of aliphatic carboxylic acids is 1. The van der Waals surface area contributed by atoms with Gasteiger partial charge in [0.25, 0.3) is 0 Å². The van der Waals surface area contributed by atoms with E-state index in [0.717, 1.165) is 0 Å². The van der Waals surface area contributed by atoms with Crippen LogP contribution in [0, 0.1) is 11.3 Å². The van der Waals surface area contributed by atoms with Gasteiger partial charge in [0.05, 0.1) is 12.5 Å². The normalized spacial score (nSPS) is 11.7. The van der Waals surface area contributed by atoms with Crippen LogP contribution in [0.25, 0.3) is 0 Å². The maximum Gasteiger partial charge on any atom is 0.326 e. The molecule has 102 valence electrons. The highest BCUT2D eigenvalue weighted by atomic mass is 16.4. The number of urea groups is 1. The van der Waals surface area contributed by atoms with Crippen molar-refractivity contribution in [1.82, 2.24) is 10.2 Å². The first-order chi connectivity index (χ1) is 8.43. The third kappa shape index (κ3) is 5.53. The van der Waals surface area contributed by atoms with Crippen molar-refractivity contribution in [3.8, 4) is 6.07 Å². The summed E-state index contributed by atoms with van der Waals surface area (Å²) in [6.45, 7) is 5.82. The molecule has 0 aliphatic carbocycles. The summed E-state index contributed by atoms with van der Waals surface area (Å²) in [5.41, 5.74) is 0. The van der Waals surface area contributed by atoms with Gasteiger partial charge in [0.15, 0.2) is 0 Å². The zero-order valence-electron chi connectivity index (χ0n) is 11.1. The van der Waals surface area contributed by atoms with Crippen molar-refractivity contribution in [1.29, 1.82) is 5.26 Å². The summed E-state index contributed by atoms with van der Waals surface area (Å²) >= 11 is 0. The van der Waals surface area contributed by atoms with Crippen molar-refractivity contribution >= 4 is 12.0 Å². The maximum absolute atomic E-state index is 11.9. The Labute approximate surface area is 108 Å². The molecule has 2 amide bonds. The van der Waals surface area contributed by atoms with Crippen molar-refractivity contribution < 1.29 is 14.7 Å². The van der Waals surface area contributed by atoms with Gasteiger partial charge in [0.2, 0.25) is 0 Å². The molecule has 0 aromatic carbocycles. The number of hydrogen-bond acceptors (Lipinski definition) is 3. The zero-order chi connectivity index (χ0) is 14.1. The quantitative estimate of drug-likeness (QED) is 0.722. The molecule has 0 aromatic rings. The van der Waals surface area contributed by atoms with E-state index in [4.69, 9.17) is 10.4 Å². The van der Waals surface area contributed by atoms with Gasteiger partial charge in [0.1, 0.15) is 6.04 Å². The Morgan fingerprint density at radius 1 is 1.44 bits per heavy atom. The van der Waals surface area contributed by atoms with E-state index >= 15 is 0 Å². The summed E-state index contributed by atoms with van der Waals surface area (Å²) in [5.74, 6) is -1.03. The summed E-state index contributed by atoms with van der Waals surface area (Å²) in [7, 11) is 0. The predicted molar refractivity (Wildman–Crippen MR) is 66.9 cm³/mol. The molecule has 18 heavy (non-hydrogen) atoms. The lowest BCUT2D eigenvalue weighted by Crippen LogP contribution is -2.50. The Hall–Kier alpha value is -1.77. The van der Waals surface area contributed by atoms with Crippen molar-refractivity contribution in [2.75, 3.05) is 6.54 Å². The molecule has 1 atom stereocenters. The van der Waals surface area contributed by atoms with E-state index in [0.29, 0.717) is 19.4 Å². The Morgan fingerprint density at radius 2 is 2.06 bits per heavy atom. The number of carboxylic acid groups (broad SMARTS) is 1. The van der Waals surface area contributed by atoms with E-state index < -0.39 is 18.0 Å². The molecule has 0 aliphatic rings. The van der Waals surface area contributed by atoms with Crippen LogP contribution >= 0.6 is 0 Å². The van der Waals surface area contributed by atoms with Gasteiger partial charge in [-0.15, -0.1) is 0 Å². The molecule has 6 heteroatoms. The van der Waals surface area contributed by atoms with Crippen molar-refractivity contribution in [2.45, 2.75) is 52.1 Å². The largest absolute Gasteiger partial charge is 0.480 e. The van der Waals surface area contributed by atoms with Crippen LogP contribution in [0.15, 0.2) is 0 Å². The second-order valence-corrected chi connectivity index (χ2v) is 4.32. The first-order valence-corrected chi connectivity index (χ1v) is 6.10. The summed E-state index contributed by atoms with van der Waals surface area (Å²) in [4.78, 5) is 24.3. The maximum atomic E-state index is 11.9. The van der Waals surface area contributed by atoms with Crippen LogP contribution in [-0.2, 0) is 4.79 Å². The van der Waals surface area contributed by atoms with Gasteiger partial charge in [-0.3, -0.25) is 0 Å². The van der Waals surface area contributed by atoms with Crippen molar-refractivity contribution in [2.24, 2.45) is 0 Å². The first kappa shape index (κ1) is 16.2. The molecule has 0 heterocycles. The SMILES string of the molecule is CCC[C@H](NC(=O)N(CCC#N)C(C)C)C(=O)O.